The molecule has 2 aliphatic heterocycles. The van der Waals surface area contributed by atoms with Gasteiger partial charge in [-0.3, -0.25) is 4.90 Å². The first-order valence-electron chi connectivity index (χ1n) is 7.35. The molecule has 3 nitrogen and oxygen atoms in total. The van der Waals surface area contributed by atoms with Crippen molar-refractivity contribution in [2.75, 3.05) is 56.9 Å². The number of hydrogen-bond acceptors (Lipinski definition) is 3. The van der Waals surface area contributed by atoms with E-state index in [0.717, 1.165) is 26.2 Å². The summed E-state index contributed by atoms with van der Waals surface area (Å²) in [4.78, 5) is 4.90. The zero-order chi connectivity index (χ0) is 14.0. The molecule has 0 spiro atoms. The van der Waals surface area contributed by atoms with Crippen molar-refractivity contribution in [3.05, 3.63) is 12.3 Å². The Morgan fingerprint density at radius 2 is 2.16 bits per heavy atom. The second-order valence-corrected chi connectivity index (χ2v) is 10.6. The topological polar surface area (TPSA) is 15.7 Å². The van der Waals surface area contributed by atoms with Crippen LogP contribution in [0, 0.1) is 5.92 Å². The van der Waals surface area contributed by atoms with Crippen LogP contribution < -0.4 is 0 Å². The molecule has 0 N–H and O–H groups in total. The highest BCUT2D eigenvalue weighted by molar-refractivity contribution is 8.38. The van der Waals surface area contributed by atoms with E-state index in [2.05, 4.69) is 43.5 Å². The van der Waals surface area contributed by atoms with Gasteiger partial charge in [-0.1, -0.05) is 20.4 Å². The van der Waals surface area contributed by atoms with Crippen molar-refractivity contribution < 1.29 is 4.74 Å². The van der Waals surface area contributed by atoms with Gasteiger partial charge < -0.3 is 9.64 Å². The van der Waals surface area contributed by atoms with Crippen LogP contribution in [0.2, 0.25) is 0 Å². The molecule has 0 aromatic rings. The van der Waals surface area contributed by atoms with Gasteiger partial charge >= 0.3 is 0 Å². The predicted octanol–water partition coefficient (Wildman–Crippen LogP) is 2.19. The van der Waals surface area contributed by atoms with Gasteiger partial charge in [-0.2, -0.15) is 0 Å². The highest BCUT2D eigenvalue weighted by Gasteiger charge is 2.34. The maximum absolute atomic E-state index is 5.93. The third-order valence-electron chi connectivity index (χ3n) is 4.25. The van der Waals surface area contributed by atoms with Crippen molar-refractivity contribution in [1.29, 1.82) is 0 Å². The third-order valence-corrected chi connectivity index (χ3v) is 7.04. The molecule has 0 amide bonds. The summed E-state index contributed by atoms with van der Waals surface area (Å²) < 4.78 is 5.93. The van der Waals surface area contributed by atoms with Gasteiger partial charge in [0.25, 0.3) is 0 Å². The monoisotopic (exact) mass is 286 g/mol. The quantitative estimate of drug-likeness (QED) is 0.696. The number of ether oxygens (including phenoxy) is 1. The summed E-state index contributed by atoms with van der Waals surface area (Å²) in [6, 6.07) is 0. The summed E-state index contributed by atoms with van der Waals surface area (Å²) in [5.74, 6) is 4.82. The van der Waals surface area contributed by atoms with Crippen LogP contribution >= 0.6 is 10.0 Å². The Hall–Kier alpha value is -0.190. The molecule has 1 atom stereocenters. The Labute approximate surface area is 120 Å². The molecule has 0 bridgehead atoms. The molecule has 4 heteroatoms. The minimum Gasteiger partial charge on any atom is -0.375 e. The van der Waals surface area contributed by atoms with Gasteiger partial charge in [0.2, 0.25) is 0 Å². The maximum atomic E-state index is 5.93. The van der Waals surface area contributed by atoms with E-state index in [0.29, 0.717) is 12.0 Å². The lowest BCUT2D eigenvalue weighted by molar-refractivity contribution is -0.0318. The number of allylic oxidation sites excluding steroid dienone is 1. The predicted molar refractivity (Wildman–Crippen MR) is 86.0 cm³/mol. The van der Waals surface area contributed by atoms with Crippen molar-refractivity contribution >= 4 is 10.0 Å². The van der Waals surface area contributed by atoms with E-state index in [9.17, 15) is 0 Å². The average Bonchev–Trinajstić information content (AvgIpc) is 3.05. The fraction of sp³-hybridized carbons (Fsp3) is 0.867. The first kappa shape index (κ1) is 15.2. The molecule has 0 aromatic carbocycles. The van der Waals surface area contributed by atoms with Gasteiger partial charge in [0.05, 0.1) is 12.7 Å². The zero-order valence-corrected chi connectivity index (χ0v) is 13.8. The van der Waals surface area contributed by atoms with Crippen LogP contribution in [0.5, 0.6) is 0 Å². The first-order chi connectivity index (χ1) is 8.89. The lowest BCUT2D eigenvalue weighted by Crippen LogP contribution is -2.47. The van der Waals surface area contributed by atoms with E-state index in [1.807, 2.05) is 0 Å². The van der Waals surface area contributed by atoms with Crippen LogP contribution in [0.15, 0.2) is 12.3 Å². The van der Waals surface area contributed by atoms with Crippen LogP contribution in [0.4, 0.5) is 0 Å². The van der Waals surface area contributed by atoms with Gasteiger partial charge in [0.15, 0.2) is 0 Å². The van der Waals surface area contributed by atoms with Crippen LogP contribution in [0.25, 0.3) is 0 Å². The summed E-state index contributed by atoms with van der Waals surface area (Å²) in [6.45, 7) is 12.6. The Balaban J connectivity index is 1.78. The molecule has 0 saturated carbocycles. The van der Waals surface area contributed by atoms with Crippen LogP contribution in [0.1, 0.15) is 13.8 Å². The molecule has 0 radical (unpaired) electrons. The van der Waals surface area contributed by atoms with Crippen molar-refractivity contribution in [2.24, 2.45) is 5.92 Å². The molecule has 112 valence electrons. The van der Waals surface area contributed by atoms with E-state index in [1.54, 1.807) is 0 Å². The van der Waals surface area contributed by atoms with E-state index in [1.165, 1.54) is 23.1 Å². The number of likely N-dealkylation sites (N-methyl/N-ethyl adjacent to an activating group) is 1. The van der Waals surface area contributed by atoms with Crippen molar-refractivity contribution in [1.82, 2.24) is 9.80 Å². The van der Waals surface area contributed by atoms with Crippen molar-refractivity contribution in [3.63, 3.8) is 0 Å². The number of rotatable bonds is 6. The van der Waals surface area contributed by atoms with Crippen molar-refractivity contribution in [3.8, 4) is 0 Å². The molecule has 0 aliphatic carbocycles. The second-order valence-electron chi connectivity index (χ2n) is 6.61. The van der Waals surface area contributed by atoms with Crippen LogP contribution in [-0.2, 0) is 4.74 Å². The summed E-state index contributed by atoms with van der Waals surface area (Å²) in [6.07, 6.45) is 2.83. The summed E-state index contributed by atoms with van der Waals surface area (Å²) >= 11 is 0. The molecular formula is C15H30N2OS. The van der Waals surface area contributed by atoms with E-state index in [-0.39, 0.29) is 10.0 Å². The SMILES string of the molecule is C=C(C(C)C)N(C)C[C@H]1CN(CS2(C)CC2)CCO1. The van der Waals surface area contributed by atoms with E-state index < -0.39 is 0 Å². The first-order valence-corrected chi connectivity index (χ1v) is 9.90. The van der Waals surface area contributed by atoms with E-state index in [4.69, 9.17) is 4.74 Å². The lowest BCUT2D eigenvalue weighted by atomic mass is 10.1. The van der Waals surface area contributed by atoms with E-state index >= 15 is 0 Å². The summed E-state index contributed by atoms with van der Waals surface area (Å²) in [5.41, 5.74) is 1.21. The van der Waals surface area contributed by atoms with Crippen LogP contribution in [0.3, 0.4) is 0 Å². The van der Waals surface area contributed by atoms with Gasteiger partial charge in [-0.25, -0.2) is 10.0 Å². The Kier molecular flexibility index (Phi) is 4.85. The second kappa shape index (κ2) is 6.06. The minimum absolute atomic E-state index is 0.216. The highest BCUT2D eigenvalue weighted by Crippen LogP contribution is 2.58. The van der Waals surface area contributed by atoms with Crippen molar-refractivity contribution in [2.45, 2.75) is 20.0 Å². The fourth-order valence-corrected chi connectivity index (χ4v) is 5.10. The highest BCUT2D eigenvalue weighted by atomic mass is 32.3. The Bertz CT molecular complexity index is 328. The minimum atomic E-state index is -0.216. The van der Waals surface area contributed by atoms with Crippen LogP contribution in [-0.4, -0.2) is 72.8 Å². The molecule has 0 unspecified atom stereocenters. The molecule has 2 aliphatic rings. The number of hydrogen-bond donors (Lipinski definition) is 0. The number of nitrogens with zero attached hydrogens (tertiary/aromatic N) is 2. The normalized spacial score (nSPS) is 28.2. The van der Waals surface area contributed by atoms with Gasteiger partial charge in [0.1, 0.15) is 0 Å². The van der Waals surface area contributed by atoms with Gasteiger partial charge in [-0.15, -0.1) is 0 Å². The molecule has 0 aromatic heterocycles. The summed E-state index contributed by atoms with van der Waals surface area (Å²) in [7, 11) is 1.92. The average molecular weight is 286 g/mol. The standard InChI is InChI=1S/C15H30N2OS/c1-13(2)14(3)16(4)10-15-11-17(6-7-18-15)12-19(5)8-9-19/h13,15H,3,6-12H2,1-2,4-5H3/t15-/m0/s1. The smallest absolute Gasteiger partial charge is 0.0877 e. The Morgan fingerprint density at radius 3 is 2.74 bits per heavy atom. The number of morpholine rings is 1. The third kappa shape index (κ3) is 4.40. The summed E-state index contributed by atoms with van der Waals surface area (Å²) in [5, 5.41) is 0. The molecule has 2 fully saturated rings. The molecule has 19 heavy (non-hydrogen) atoms. The maximum Gasteiger partial charge on any atom is 0.0877 e. The van der Waals surface area contributed by atoms with Gasteiger partial charge in [-0.05, 0) is 23.7 Å². The fourth-order valence-electron chi connectivity index (χ4n) is 2.58. The zero-order valence-electron chi connectivity index (χ0n) is 13.0. The largest absolute Gasteiger partial charge is 0.375 e. The molecule has 2 rings (SSSR count). The molecule has 2 saturated heterocycles. The molecule has 2 heterocycles. The lowest BCUT2D eigenvalue weighted by Gasteiger charge is -2.38. The molecular weight excluding hydrogens is 256 g/mol. The Morgan fingerprint density at radius 1 is 1.47 bits per heavy atom. The van der Waals surface area contributed by atoms with Gasteiger partial charge in [0, 0.05) is 38.3 Å².